The summed E-state index contributed by atoms with van der Waals surface area (Å²) in [5, 5.41) is 5.10. The van der Waals surface area contributed by atoms with Crippen molar-refractivity contribution in [3.63, 3.8) is 0 Å². The summed E-state index contributed by atoms with van der Waals surface area (Å²) in [5.41, 5.74) is 11.7. The second-order valence-corrected chi connectivity index (χ2v) is 14.0. The lowest BCUT2D eigenvalue weighted by Crippen LogP contribution is -2.12. The van der Waals surface area contributed by atoms with Crippen molar-refractivity contribution < 1.29 is 0 Å². The summed E-state index contributed by atoms with van der Waals surface area (Å²) in [5.74, 6) is 0. The van der Waals surface area contributed by atoms with E-state index >= 15 is 0 Å². The van der Waals surface area contributed by atoms with Crippen molar-refractivity contribution in [3.05, 3.63) is 194 Å². The highest BCUT2D eigenvalue weighted by atomic mass is 32.1. The Kier molecular flexibility index (Phi) is 7.04. The molecule has 10 rings (SSSR count). The molecule has 0 unspecified atom stereocenters. The summed E-state index contributed by atoms with van der Waals surface area (Å²) < 4.78 is 4.97. The molecular weight excluding hydrogens is 637 g/mol. The van der Waals surface area contributed by atoms with E-state index in [0.29, 0.717) is 0 Å². The van der Waals surface area contributed by atoms with Crippen LogP contribution in [0.3, 0.4) is 0 Å². The number of thiophene rings is 1. The Labute approximate surface area is 300 Å². The van der Waals surface area contributed by atoms with Gasteiger partial charge < -0.3 is 9.47 Å². The highest BCUT2D eigenvalue weighted by molar-refractivity contribution is 7.26. The molecule has 2 nitrogen and oxygen atoms in total. The third kappa shape index (κ3) is 4.85. The van der Waals surface area contributed by atoms with Crippen molar-refractivity contribution in [1.82, 2.24) is 4.57 Å². The summed E-state index contributed by atoms with van der Waals surface area (Å²) in [6, 6.07) is 70.4. The van der Waals surface area contributed by atoms with Gasteiger partial charge in [0.25, 0.3) is 0 Å². The third-order valence-corrected chi connectivity index (χ3v) is 11.2. The van der Waals surface area contributed by atoms with Crippen LogP contribution >= 0.6 is 11.3 Å². The smallest absolute Gasteiger partial charge is 0.0640 e. The van der Waals surface area contributed by atoms with Crippen LogP contribution in [-0.4, -0.2) is 4.57 Å². The van der Waals surface area contributed by atoms with E-state index in [2.05, 4.69) is 204 Å². The fraction of sp³-hybridized carbons (Fsp3) is 0. The number of aromatic nitrogens is 1. The van der Waals surface area contributed by atoms with Gasteiger partial charge in [0, 0.05) is 43.1 Å². The fourth-order valence-electron chi connectivity index (χ4n) is 7.75. The molecular formula is C48H32N2S. The van der Waals surface area contributed by atoms with E-state index in [1.165, 1.54) is 64.4 Å². The first-order chi connectivity index (χ1) is 25.3. The molecule has 240 valence electrons. The van der Waals surface area contributed by atoms with Crippen molar-refractivity contribution in [3.8, 4) is 27.9 Å². The van der Waals surface area contributed by atoms with Gasteiger partial charge in [0.15, 0.2) is 0 Å². The maximum atomic E-state index is 2.49. The number of nitrogens with zero attached hydrogens (tertiary/aromatic N) is 2. The van der Waals surface area contributed by atoms with Gasteiger partial charge in [-0.05, 0) is 59.7 Å². The van der Waals surface area contributed by atoms with Gasteiger partial charge in [-0.2, -0.15) is 0 Å². The number of para-hydroxylation sites is 4. The van der Waals surface area contributed by atoms with E-state index in [4.69, 9.17) is 0 Å². The first kappa shape index (κ1) is 29.5. The van der Waals surface area contributed by atoms with E-state index < -0.39 is 0 Å². The summed E-state index contributed by atoms with van der Waals surface area (Å²) in [6.07, 6.45) is 0. The molecule has 3 heteroatoms. The molecule has 0 radical (unpaired) electrons. The molecule has 10 aromatic rings. The Morgan fingerprint density at radius 3 is 1.61 bits per heavy atom. The van der Waals surface area contributed by atoms with Crippen molar-refractivity contribution in [2.45, 2.75) is 0 Å². The van der Waals surface area contributed by atoms with Crippen LogP contribution in [0, 0.1) is 0 Å². The van der Waals surface area contributed by atoms with Crippen LogP contribution in [-0.2, 0) is 0 Å². The Bertz CT molecular complexity index is 2830. The van der Waals surface area contributed by atoms with Crippen LogP contribution in [0.2, 0.25) is 0 Å². The Morgan fingerprint density at radius 1 is 0.373 bits per heavy atom. The van der Waals surface area contributed by atoms with Gasteiger partial charge in [-0.25, -0.2) is 0 Å². The standard InChI is InChI=1S/C48H32N2S/c1-2-16-33(17-3-1)36-20-4-9-26-42(36)50(46-30-15-25-41-40-24-8-13-31-47(40)51-48(41)46)43-27-10-5-21-37(43)34-18-14-19-35(32-34)49-44-28-11-6-22-38(44)39-23-7-12-29-45(39)49/h1-32H. The predicted octanol–water partition coefficient (Wildman–Crippen LogP) is 14.0. The van der Waals surface area contributed by atoms with Crippen LogP contribution in [0.25, 0.3) is 69.9 Å². The van der Waals surface area contributed by atoms with Gasteiger partial charge in [0.05, 0.1) is 32.8 Å². The van der Waals surface area contributed by atoms with E-state index in [0.717, 1.165) is 22.6 Å². The summed E-state index contributed by atoms with van der Waals surface area (Å²) in [7, 11) is 0. The van der Waals surface area contributed by atoms with Gasteiger partial charge in [0.1, 0.15) is 0 Å². The zero-order valence-electron chi connectivity index (χ0n) is 27.8. The van der Waals surface area contributed by atoms with Crippen LogP contribution in [0.4, 0.5) is 17.1 Å². The fourth-order valence-corrected chi connectivity index (χ4v) is 8.96. The van der Waals surface area contributed by atoms with Gasteiger partial charge in [-0.15, -0.1) is 11.3 Å². The Hall–Kier alpha value is -6.42. The van der Waals surface area contributed by atoms with Crippen LogP contribution in [0.5, 0.6) is 0 Å². The predicted molar refractivity (Wildman–Crippen MR) is 219 cm³/mol. The summed E-state index contributed by atoms with van der Waals surface area (Å²) in [6.45, 7) is 0. The minimum atomic E-state index is 1.13. The number of anilines is 3. The average molecular weight is 669 g/mol. The first-order valence-corrected chi connectivity index (χ1v) is 18.2. The molecule has 8 aromatic carbocycles. The van der Waals surface area contributed by atoms with Gasteiger partial charge in [0.2, 0.25) is 0 Å². The number of rotatable bonds is 6. The maximum Gasteiger partial charge on any atom is 0.0640 e. The monoisotopic (exact) mass is 668 g/mol. The number of hydrogen-bond acceptors (Lipinski definition) is 2. The zero-order chi connectivity index (χ0) is 33.7. The number of fused-ring (bicyclic) bond motifs is 6. The topological polar surface area (TPSA) is 8.17 Å². The highest BCUT2D eigenvalue weighted by Gasteiger charge is 2.23. The number of benzene rings is 8. The molecule has 0 N–H and O–H groups in total. The quantitative estimate of drug-likeness (QED) is 0.171. The molecule has 0 aliphatic heterocycles. The summed E-state index contributed by atoms with van der Waals surface area (Å²) in [4.78, 5) is 2.49. The van der Waals surface area contributed by atoms with E-state index in [1.807, 2.05) is 11.3 Å². The molecule has 2 heterocycles. The molecule has 0 atom stereocenters. The van der Waals surface area contributed by atoms with Crippen molar-refractivity contribution in [2.24, 2.45) is 0 Å². The molecule has 0 spiro atoms. The largest absolute Gasteiger partial charge is 0.309 e. The van der Waals surface area contributed by atoms with Gasteiger partial charge in [-0.3, -0.25) is 0 Å². The molecule has 0 amide bonds. The molecule has 2 aromatic heterocycles. The first-order valence-electron chi connectivity index (χ1n) is 17.4. The molecule has 0 fully saturated rings. The van der Waals surface area contributed by atoms with E-state index in [1.54, 1.807) is 0 Å². The van der Waals surface area contributed by atoms with Crippen molar-refractivity contribution in [2.75, 3.05) is 4.90 Å². The van der Waals surface area contributed by atoms with Crippen LogP contribution in [0.15, 0.2) is 194 Å². The molecule has 51 heavy (non-hydrogen) atoms. The molecule has 0 bridgehead atoms. The minimum Gasteiger partial charge on any atom is -0.309 e. The lowest BCUT2D eigenvalue weighted by Gasteiger charge is -2.30. The lowest BCUT2D eigenvalue weighted by atomic mass is 9.98. The third-order valence-electron chi connectivity index (χ3n) is 9.99. The maximum absolute atomic E-state index is 2.49. The minimum absolute atomic E-state index is 1.13. The second kappa shape index (κ2) is 12.2. The van der Waals surface area contributed by atoms with Crippen LogP contribution < -0.4 is 4.90 Å². The second-order valence-electron chi connectivity index (χ2n) is 12.9. The number of hydrogen-bond donors (Lipinski definition) is 0. The molecule has 0 aliphatic carbocycles. The van der Waals surface area contributed by atoms with Crippen molar-refractivity contribution in [1.29, 1.82) is 0 Å². The zero-order valence-corrected chi connectivity index (χ0v) is 28.6. The average Bonchev–Trinajstić information content (AvgIpc) is 3.75. The SMILES string of the molecule is c1ccc(-c2ccccc2N(c2ccccc2-c2cccc(-n3c4ccccc4c4ccccc43)c2)c2cccc3c2sc2ccccc23)cc1. The molecule has 0 saturated heterocycles. The highest BCUT2D eigenvalue weighted by Crippen LogP contribution is 2.49. The van der Waals surface area contributed by atoms with Gasteiger partial charge >= 0.3 is 0 Å². The Morgan fingerprint density at radius 2 is 0.882 bits per heavy atom. The normalized spacial score (nSPS) is 11.5. The lowest BCUT2D eigenvalue weighted by molar-refractivity contribution is 1.18. The van der Waals surface area contributed by atoms with Crippen molar-refractivity contribution >= 4 is 70.4 Å². The Balaban J connectivity index is 1.23. The molecule has 0 aliphatic rings. The molecule has 0 saturated carbocycles. The van der Waals surface area contributed by atoms with Crippen LogP contribution in [0.1, 0.15) is 0 Å². The van der Waals surface area contributed by atoms with Gasteiger partial charge in [-0.1, -0.05) is 146 Å². The van der Waals surface area contributed by atoms with E-state index in [-0.39, 0.29) is 0 Å². The summed E-state index contributed by atoms with van der Waals surface area (Å²) >= 11 is 1.87. The van der Waals surface area contributed by atoms with E-state index in [9.17, 15) is 0 Å².